The zero-order chi connectivity index (χ0) is 27.9. The van der Waals surface area contributed by atoms with Gasteiger partial charge >= 0.3 is 0 Å². The van der Waals surface area contributed by atoms with Gasteiger partial charge in [0, 0.05) is 51.3 Å². The Morgan fingerprint density at radius 2 is 2.15 bits per heavy atom. The molecule has 1 saturated carbocycles. The summed E-state index contributed by atoms with van der Waals surface area (Å²) in [6.45, 7) is 5.54. The molecule has 2 N–H and O–H groups in total. The SMILES string of the molecule is CCCN(C)c1cc(C(=O)CC[C@H](O)CN2CCc3cc(OCc4cnco4)ccc3C2)cc(NC2CCC2)n1. The fourth-order valence-corrected chi connectivity index (χ4v) is 5.29. The van der Waals surface area contributed by atoms with Crippen molar-refractivity contribution in [1.29, 1.82) is 0 Å². The van der Waals surface area contributed by atoms with Crippen LogP contribution in [0.4, 0.5) is 11.6 Å². The lowest BCUT2D eigenvalue weighted by molar-refractivity contribution is 0.0836. The molecule has 0 saturated heterocycles. The highest BCUT2D eigenvalue weighted by Crippen LogP contribution is 2.27. The quantitative estimate of drug-likeness (QED) is 0.274. The number of carbonyl (C=O) groups is 1. The first kappa shape index (κ1) is 28.1. The molecule has 9 nitrogen and oxygen atoms in total. The van der Waals surface area contributed by atoms with Crippen LogP contribution in [0.2, 0.25) is 0 Å². The van der Waals surface area contributed by atoms with Crippen molar-refractivity contribution in [2.75, 3.05) is 36.9 Å². The van der Waals surface area contributed by atoms with Crippen LogP contribution in [0.1, 0.15) is 72.7 Å². The molecular weight excluding hydrogens is 506 g/mol. The smallest absolute Gasteiger partial charge is 0.181 e. The molecule has 3 aromatic rings. The van der Waals surface area contributed by atoms with E-state index in [0.29, 0.717) is 43.4 Å². The Bertz CT molecular complexity index is 1260. The van der Waals surface area contributed by atoms with Gasteiger partial charge in [0.1, 0.15) is 24.0 Å². The van der Waals surface area contributed by atoms with Crippen molar-refractivity contribution in [3.8, 4) is 5.75 Å². The summed E-state index contributed by atoms with van der Waals surface area (Å²) in [7, 11) is 2.01. The third kappa shape index (κ3) is 7.40. The first-order chi connectivity index (χ1) is 19.5. The standard InChI is InChI=1S/C31H41N5O4/c1-3-12-35(2)31-16-24(15-30(34-31)33-25-5-4-6-25)29(38)10-8-26(37)19-36-13-11-22-14-27(9-7-23(22)18-36)39-20-28-17-32-21-40-28/h7,9,14-17,21,25-26,37H,3-6,8,10-13,18-20H2,1-2H3,(H,33,34)/t26-/m0/s1. The number of ether oxygens (including phenoxy) is 1. The third-order valence-electron chi connectivity index (χ3n) is 7.85. The second-order valence-corrected chi connectivity index (χ2v) is 11.1. The maximum atomic E-state index is 13.2. The number of aliphatic hydroxyl groups is 1. The van der Waals surface area contributed by atoms with E-state index in [1.807, 2.05) is 25.2 Å². The summed E-state index contributed by atoms with van der Waals surface area (Å²) in [6, 6.07) is 10.4. The monoisotopic (exact) mass is 547 g/mol. The Labute approximate surface area is 236 Å². The summed E-state index contributed by atoms with van der Waals surface area (Å²) in [4.78, 5) is 26.2. The number of aliphatic hydroxyl groups excluding tert-OH is 1. The number of β-amino-alcohol motifs (C(OH)–C–C–N with tert-alkyl or cyclic N) is 1. The Kier molecular flexibility index (Phi) is 9.34. The minimum atomic E-state index is -0.563. The zero-order valence-electron chi connectivity index (χ0n) is 23.6. The molecule has 3 heterocycles. The molecule has 1 aliphatic carbocycles. The molecule has 0 radical (unpaired) electrons. The van der Waals surface area contributed by atoms with Crippen LogP contribution in [0.25, 0.3) is 0 Å². The number of benzene rings is 1. The Hall–Kier alpha value is -3.43. The number of nitrogens with zero attached hydrogens (tertiary/aromatic N) is 4. The van der Waals surface area contributed by atoms with Gasteiger partial charge in [-0.1, -0.05) is 13.0 Å². The molecular formula is C31H41N5O4. The summed E-state index contributed by atoms with van der Waals surface area (Å²) in [6.07, 6.45) is 8.65. The van der Waals surface area contributed by atoms with Crippen molar-refractivity contribution in [3.63, 3.8) is 0 Å². The molecule has 1 atom stereocenters. The van der Waals surface area contributed by atoms with E-state index >= 15 is 0 Å². The molecule has 0 bridgehead atoms. The van der Waals surface area contributed by atoms with Gasteiger partial charge in [0.2, 0.25) is 0 Å². The number of pyridine rings is 1. The number of nitrogens with one attached hydrogen (secondary N) is 1. The summed E-state index contributed by atoms with van der Waals surface area (Å²) in [5, 5.41) is 14.3. The van der Waals surface area contributed by atoms with Crippen molar-refractivity contribution in [1.82, 2.24) is 14.9 Å². The lowest BCUT2D eigenvalue weighted by Gasteiger charge is -2.30. The van der Waals surface area contributed by atoms with Crippen LogP contribution in [0.15, 0.2) is 47.3 Å². The normalized spacial score (nSPS) is 16.2. The topological polar surface area (TPSA) is 104 Å². The predicted molar refractivity (Wildman–Crippen MR) is 155 cm³/mol. The van der Waals surface area contributed by atoms with Gasteiger partial charge in [-0.15, -0.1) is 0 Å². The van der Waals surface area contributed by atoms with Gasteiger partial charge in [-0.25, -0.2) is 9.97 Å². The largest absolute Gasteiger partial charge is 0.486 e. The van der Waals surface area contributed by atoms with Crippen LogP contribution in [0, 0.1) is 0 Å². The number of ketones is 1. The number of oxazole rings is 1. The van der Waals surface area contributed by atoms with E-state index < -0.39 is 6.10 Å². The molecule has 40 heavy (non-hydrogen) atoms. The molecule has 9 heteroatoms. The Morgan fingerprint density at radius 3 is 2.90 bits per heavy atom. The summed E-state index contributed by atoms with van der Waals surface area (Å²) in [5.74, 6) is 3.14. The van der Waals surface area contributed by atoms with Gasteiger partial charge in [0.25, 0.3) is 0 Å². The first-order valence-corrected chi connectivity index (χ1v) is 14.5. The van der Waals surface area contributed by atoms with Crippen LogP contribution in [-0.2, 0) is 19.6 Å². The van der Waals surface area contributed by atoms with E-state index in [2.05, 4.69) is 39.2 Å². The third-order valence-corrected chi connectivity index (χ3v) is 7.85. The lowest BCUT2D eigenvalue weighted by Crippen LogP contribution is -2.36. The van der Waals surface area contributed by atoms with Gasteiger partial charge in [0.15, 0.2) is 17.9 Å². The van der Waals surface area contributed by atoms with Gasteiger partial charge in [-0.3, -0.25) is 9.69 Å². The molecule has 1 aromatic carbocycles. The van der Waals surface area contributed by atoms with E-state index in [1.165, 1.54) is 23.9 Å². The summed E-state index contributed by atoms with van der Waals surface area (Å²) >= 11 is 0. The van der Waals surface area contributed by atoms with Crippen LogP contribution in [-0.4, -0.2) is 64.6 Å². The van der Waals surface area contributed by atoms with Crippen LogP contribution < -0.4 is 15.0 Å². The highest BCUT2D eigenvalue weighted by molar-refractivity contribution is 5.97. The summed E-state index contributed by atoms with van der Waals surface area (Å²) < 4.78 is 11.1. The lowest BCUT2D eigenvalue weighted by atomic mass is 9.93. The molecule has 0 unspecified atom stereocenters. The maximum Gasteiger partial charge on any atom is 0.181 e. The number of hydrogen-bond donors (Lipinski definition) is 2. The maximum absolute atomic E-state index is 13.2. The molecule has 1 aliphatic heterocycles. The van der Waals surface area contributed by atoms with Gasteiger partial charge in [-0.2, -0.15) is 0 Å². The second kappa shape index (κ2) is 13.3. The van der Waals surface area contributed by atoms with Gasteiger partial charge in [0.05, 0.1) is 12.3 Å². The number of aromatic nitrogens is 2. The van der Waals surface area contributed by atoms with Crippen LogP contribution in [0.3, 0.4) is 0 Å². The van der Waals surface area contributed by atoms with E-state index in [-0.39, 0.29) is 5.78 Å². The first-order valence-electron chi connectivity index (χ1n) is 14.5. The number of anilines is 2. The predicted octanol–water partition coefficient (Wildman–Crippen LogP) is 4.84. The van der Waals surface area contributed by atoms with Crippen LogP contribution >= 0.6 is 0 Å². The number of carbonyl (C=O) groups excluding carboxylic acids is 1. The van der Waals surface area contributed by atoms with Crippen molar-refractivity contribution in [2.45, 2.75) is 77.2 Å². The average molecular weight is 548 g/mol. The fraction of sp³-hybridized carbons (Fsp3) is 0.516. The van der Waals surface area contributed by atoms with Crippen molar-refractivity contribution in [3.05, 3.63) is 65.4 Å². The fourth-order valence-electron chi connectivity index (χ4n) is 5.29. The van der Waals surface area contributed by atoms with Crippen molar-refractivity contribution in [2.24, 2.45) is 0 Å². The number of rotatable bonds is 14. The minimum absolute atomic E-state index is 0.0473. The van der Waals surface area contributed by atoms with Gasteiger partial charge in [-0.05, 0) is 73.9 Å². The average Bonchev–Trinajstić information content (AvgIpc) is 3.46. The number of Topliss-reactive ketones (excluding diaryl/α,β-unsaturated/α-hetero) is 1. The van der Waals surface area contributed by atoms with Crippen molar-refractivity contribution < 1.29 is 19.1 Å². The highest BCUT2D eigenvalue weighted by atomic mass is 16.5. The number of hydrogen-bond acceptors (Lipinski definition) is 9. The van der Waals surface area contributed by atoms with Gasteiger partial charge < -0.3 is 24.5 Å². The zero-order valence-corrected chi connectivity index (χ0v) is 23.6. The van der Waals surface area contributed by atoms with Crippen LogP contribution in [0.5, 0.6) is 5.75 Å². The number of fused-ring (bicyclic) bond motifs is 1. The molecule has 1 fully saturated rings. The van der Waals surface area contributed by atoms with E-state index in [1.54, 1.807) is 6.20 Å². The summed E-state index contributed by atoms with van der Waals surface area (Å²) in [5.41, 5.74) is 3.17. The second-order valence-electron chi connectivity index (χ2n) is 11.1. The molecule has 2 aromatic heterocycles. The Morgan fingerprint density at radius 1 is 1.27 bits per heavy atom. The molecule has 0 amide bonds. The minimum Gasteiger partial charge on any atom is -0.486 e. The van der Waals surface area contributed by atoms with E-state index in [9.17, 15) is 9.90 Å². The van der Waals surface area contributed by atoms with E-state index in [4.69, 9.17) is 14.1 Å². The van der Waals surface area contributed by atoms with E-state index in [0.717, 1.165) is 62.7 Å². The highest BCUT2D eigenvalue weighted by Gasteiger charge is 2.22. The molecule has 214 valence electrons. The Balaban J connectivity index is 1.12. The molecule has 2 aliphatic rings. The molecule has 5 rings (SSSR count). The van der Waals surface area contributed by atoms with Crippen molar-refractivity contribution >= 4 is 17.4 Å². The molecule has 0 spiro atoms.